The standard InChI is InChI=1S/C17H20N2O2/c1-3-21-16-6-4-14(5-7-16)12-17(20)19-13(2)15-8-10-18-11-9-15/h4-11,13H,3,12H2,1-2H3,(H,19,20)/t13-/m1/s1. The Bertz CT molecular complexity index is 567. The van der Waals surface area contributed by atoms with Crippen molar-refractivity contribution in [3.05, 3.63) is 59.9 Å². The molecule has 0 bridgehead atoms. The zero-order valence-corrected chi connectivity index (χ0v) is 12.4. The van der Waals surface area contributed by atoms with Gasteiger partial charge in [0.2, 0.25) is 5.91 Å². The number of carbonyl (C=O) groups is 1. The molecule has 1 aromatic carbocycles. The fraction of sp³-hybridized carbons (Fsp3) is 0.294. The quantitative estimate of drug-likeness (QED) is 0.887. The lowest BCUT2D eigenvalue weighted by Gasteiger charge is -2.14. The predicted molar refractivity (Wildman–Crippen MR) is 82.1 cm³/mol. The van der Waals surface area contributed by atoms with Crippen LogP contribution in [0.15, 0.2) is 48.8 Å². The van der Waals surface area contributed by atoms with Gasteiger partial charge in [0.05, 0.1) is 19.1 Å². The summed E-state index contributed by atoms with van der Waals surface area (Å²) in [6, 6.07) is 11.4. The van der Waals surface area contributed by atoms with Crippen LogP contribution in [0.2, 0.25) is 0 Å². The van der Waals surface area contributed by atoms with E-state index in [-0.39, 0.29) is 11.9 Å². The molecule has 1 heterocycles. The van der Waals surface area contributed by atoms with Crippen LogP contribution in [0, 0.1) is 0 Å². The smallest absolute Gasteiger partial charge is 0.224 e. The van der Waals surface area contributed by atoms with E-state index in [1.54, 1.807) is 12.4 Å². The first kappa shape index (κ1) is 15.0. The molecule has 0 fully saturated rings. The zero-order chi connectivity index (χ0) is 15.1. The number of nitrogens with zero attached hydrogens (tertiary/aromatic N) is 1. The second kappa shape index (κ2) is 7.43. The first-order valence-electron chi connectivity index (χ1n) is 7.10. The van der Waals surface area contributed by atoms with Gasteiger partial charge in [-0.15, -0.1) is 0 Å². The third-order valence-corrected chi connectivity index (χ3v) is 3.18. The number of amides is 1. The maximum atomic E-state index is 12.0. The van der Waals surface area contributed by atoms with E-state index in [1.165, 1.54) is 0 Å². The summed E-state index contributed by atoms with van der Waals surface area (Å²) in [5.74, 6) is 0.829. The Kier molecular flexibility index (Phi) is 5.32. The summed E-state index contributed by atoms with van der Waals surface area (Å²) in [7, 11) is 0. The van der Waals surface area contributed by atoms with Crippen LogP contribution in [0.3, 0.4) is 0 Å². The first-order chi connectivity index (χ1) is 10.2. The number of nitrogens with one attached hydrogen (secondary N) is 1. The average Bonchev–Trinajstić information content (AvgIpc) is 2.50. The van der Waals surface area contributed by atoms with Crippen molar-refractivity contribution in [2.24, 2.45) is 0 Å². The van der Waals surface area contributed by atoms with Crippen LogP contribution >= 0.6 is 0 Å². The monoisotopic (exact) mass is 284 g/mol. The minimum absolute atomic E-state index is 0.00321. The van der Waals surface area contributed by atoms with Crippen molar-refractivity contribution in [2.45, 2.75) is 26.3 Å². The van der Waals surface area contributed by atoms with Gasteiger partial charge in [-0.2, -0.15) is 0 Å². The highest BCUT2D eigenvalue weighted by Gasteiger charge is 2.09. The van der Waals surface area contributed by atoms with E-state index in [2.05, 4.69) is 10.3 Å². The highest BCUT2D eigenvalue weighted by Crippen LogP contribution is 2.14. The van der Waals surface area contributed by atoms with Crippen molar-refractivity contribution < 1.29 is 9.53 Å². The summed E-state index contributed by atoms with van der Waals surface area (Å²) in [5.41, 5.74) is 2.02. The molecule has 0 saturated carbocycles. The van der Waals surface area contributed by atoms with Crippen molar-refractivity contribution in [1.29, 1.82) is 0 Å². The van der Waals surface area contributed by atoms with Gasteiger partial charge >= 0.3 is 0 Å². The minimum Gasteiger partial charge on any atom is -0.494 e. The van der Waals surface area contributed by atoms with Gasteiger partial charge in [-0.3, -0.25) is 9.78 Å². The molecular formula is C17H20N2O2. The van der Waals surface area contributed by atoms with Crippen molar-refractivity contribution in [3.8, 4) is 5.75 Å². The average molecular weight is 284 g/mol. The molecule has 0 saturated heterocycles. The van der Waals surface area contributed by atoms with Crippen LogP contribution in [-0.2, 0) is 11.2 Å². The van der Waals surface area contributed by atoms with E-state index < -0.39 is 0 Å². The number of ether oxygens (including phenoxy) is 1. The Morgan fingerprint density at radius 1 is 1.19 bits per heavy atom. The van der Waals surface area contributed by atoms with Gasteiger partial charge in [-0.25, -0.2) is 0 Å². The number of aromatic nitrogens is 1. The minimum atomic E-state index is -0.0248. The summed E-state index contributed by atoms with van der Waals surface area (Å²) in [6.07, 6.45) is 3.82. The Hall–Kier alpha value is -2.36. The molecule has 21 heavy (non-hydrogen) atoms. The summed E-state index contributed by atoms with van der Waals surface area (Å²) in [6.45, 7) is 4.55. The molecule has 110 valence electrons. The first-order valence-corrected chi connectivity index (χ1v) is 7.10. The Morgan fingerprint density at radius 3 is 2.48 bits per heavy atom. The largest absolute Gasteiger partial charge is 0.494 e. The van der Waals surface area contributed by atoms with Crippen LogP contribution in [0.1, 0.15) is 31.0 Å². The van der Waals surface area contributed by atoms with E-state index in [9.17, 15) is 4.79 Å². The predicted octanol–water partition coefficient (Wildman–Crippen LogP) is 2.90. The second-order valence-electron chi connectivity index (χ2n) is 4.82. The lowest BCUT2D eigenvalue weighted by atomic mass is 10.1. The van der Waals surface area contributed by atoms with E-state index in [4.69, 9.17) is 4.74 Å². The maximum absolute atomic E-state index is 12.0. The zero-order valence-electron chi connectivity index (χ0n) is 12.4. The van der Waals surface area contributed by atoms with Gasteiger partial charge in [-0.05, 0) is 49.2 Å². The molecule has 0 aliphatic heterocycles. The molecule has 0 radical (unpaired) electrons. The topological polar surface area (TPSA) is 51.2 Å². The van der Waals surface area contributed by atoms with E-state index >= 15 is 0 Å². The summed E-state index contributed by atoms with van der Waals surface area (Å²) < 4.78 is 5.38. The fourth-order valence-corrected chi connectivity index (χ4v) is 2.08. The number of benzene rings is 1. The van der Waals surface area contributed by atoms with Crippen LogP contribution < -0.4 is 10.1 Å². The Balaban J connectivity index is 1.89. The molecule has 2 rings (SSSR count). The van der Waals surface area contributed by atoms with Crippen molar-refractivity contribution in [3.63, 3.8) is 0 Å². The van der Waals surface area contributed by atoms with E-state index in [0.717, 1.165) is 16.9 Å². The van der Waals surface area contributed by atoms with Crippen molar-refractivity contribution in [2.75, 3.05) is 6.61 Å². The van der Waals surface area contributed by atoms with Gasteiger partial charge < -0.3 is 10.1 Å². The molecule has 1 amide bonds. The lowest BCUT2D eigenvalue weighted by molar-refractivity contribution is -0.121. The van der Waals surface area contributed by atoms with Crippen LogP contribution in [-0.4, -0.2) is 17.5 Å². The molecule has 0 spiro atoms. The summed E-state index contributed by atoms with van der Waals surface area (Å²) >= 11 is 0. The SMILES string of the molecule is CCOc1ccc(CC(=O)N[C@H](C)c2ccncc2)cc1. The van der Waals surface area contributed by atoms with Crippen molar-refractivity contribution >= 4 is 5.91 Å². The number of hydrogen-bond donors (Lipinski definition) is 1. The third-order valence-electron chi connectivity index (χ3n) is 3.18. The summed E-state index contributed by atoms with van der Waals surface area (Å²) in [4.78, 5) is 16.0. The molecule has 4 nitrogen and oxygen atoms in total. The molecule has 2 aromatic rings. The van der Waals surface area contributed by atoms with Gasteiger partial charge in [0.1, 0.15) is 5.75 Å². The maximum Gasteiger partial charge on any atom is 0.224 e. The molecule has 4 heteroatoms. The van der Waals surface area contributed by atoms with Crippen LogP contribution in [0.5, 0.6) is 5.75 Å². The van der Waals surface area contributed by atoms with Crippen LogP contribution in [0.4, 0.5) is 0 Å². The molecule has 0 aliphatic rings. The fourth-order valence-electron chi connectivity index (χ4n) is 2.08. The van der Waals surface area contributed by atoms with Crippen LogP contribution in [0.25, 0.3) is 0 Å². The highest BCUT2D eigenvalue weighted by atomic mass is 16.5. The Morgan fingerprint density at radius 2 is 1.86 bits per heavy atom. The summed E-state index contributed by atoms with van der Waals surface area (Å²) in [5, 5.41) is 2.99. The number of pyridine rings is 1. The van der Waals surface area contributed by atoms with Crippen molar-refractivity contribution in [1.82, 2.24) is 10.3 Å². The molecule has 1 N–H and O–H groups in total. The number of hydrogen-bond acceptors (Lipinski definition) is 3. The third kappa shape index (κ3) is 4.60. The lowest BCUT2D eigenvalue weighted by Crippen LogP contribution is -2.28. The number of rotatable bonds is 6. The molecule has 1 aromatic heterocycles. The van der Waals surface area contributed by atoms with Gasteiger partial charge in [0.25, 0.3) is 0 Å². The van der Waals surface area contributed by atoms with E-state index in [1.807, 2.05) is 50.2 Å². The molecule has 0 aliphatic carbocycles. The van der Waals surface area contributed by atoms with E-state index in [0.29, 0.717) is 13.0 Å². The highest BCUT2D eigenvalue weighted by molar-refractivity contribution is 5.79. The molecular weight excluding hydrogens is 264 g/mol. The Labute approximate surface area is 125 Å². The molecule has 1 atom stereocenters. The van der Waals surface area contributed by atoms with Gasteiger partial charge in [-0.1, -0.05) is 12.1 Å². The normalized spacial score (nSPS) is 11.7. The van der Waals surface area contributed by atoms with Gasteiger partial charge in [0.15, 0.2) is 0 Å². The molecule has 0 unspecified atom stereocenters. The number of carbonyl (C=O) groups excluding carboxylic acids is 1. The van der Waals surface area contributed by atoms with Gasteiger partial charge in [0, 0.05) is 12.4 Å². The second-order valence-corrected chi connectivity index (χ2v) is 4.82.